The molecule has 0 aliphatic carbocycles. The van der Waals surface area contributed by atoms with Crippen molar-refractivity contribution in [3.05, 3.63) is 76.3 Å². The first-order valence-electron chi connectivity index (χ1n) is 8.03. The van der Waals surface area contributed by atoms with Crippen molar-refractivity contribution in [1.82, 2.24) is 9.78 Å². The third-order valence-corrected chi connectivity index (χ3v) is 3.68. The molecular weight excluding hydrogens is 352 g/mol. The lowest BCUT2D eigenvalue weighted by molar-refractivity contribution is -0.146. The molecular formula is C19H16N2O6. The second-order valence-electron chi connectivity index (χ2n) is 5.55. The molecule has 27 heavy (non-hydrogen) atoms. The number of ether oxygens (including phenoxy) is 2. The zero-order valence-electron chi connectivity index (χ0n) is 14.5. The summed E-state index contributed by atoms with van der Waals surface area (Å²) >= 11 is 0. The summed E-state index contributed by atoms with van der Waals surface area (Å²) in [4.78, 5) is 35.2. The minimum absolute atomic E-state index is 0.00156. The molecule has 138 valence electrons. The van der Waals surface area contributed by atoms with Gasteiger partial charge in [-0.3, -0.25) is 4.79 Å². The van der Waals surface area contributed by atoms with Gasteiger partial charge in [-0.2, -0.15) is 4.68 Å². The van der Waals surface area contributed by atoms with Gasteiger partial charge in [-0.15, -0.1) is 5.10 Å². The van der Waals surface area contributed by atoms with Crippen molar-refractivity contribution in [2.24, 2.45) is 0 Å². The molecule has 8 heteroatoms. The molecule has 1 heterocycles. The number of nitrogens with zero attached hydrogens (tertiary/aromatic N) is 2. The largest absolute Gasteiger partial charge is 0.465 e. The van der Waals surface area contributed by atoms with Gasteiger partial charge in [-0.1, -0.05) is 30.3 Å². The molecule has 3 rings (SSSR count). The van der Waals surface area contributed by atoms with E-state index < -0.39 is 17.7 Å². The SMILES string of the molecule is COC(=O)c1ccc(COC(=O)Cn2nc(-c3ccccc3)oc2=O)cc1. The van der Waals surface area contributed by atoms with Crippen molar-refractivity contribution in [2.75, 3.05) is 7.11 Å². The summed E-state index contributed by atoms with van der Waals surface area (Å²) in [7, 11) is 1.30. The van der Waals surface area contributed by atoms with E-state index in [0.29, 0.717) is 16.7 Å². The normalized spacial score (nSPS) is 10.4. The average molecular weight is 368 g/mol. The quantitative estimate of drug-likeness (QED) is 0.614. The molecule has 0 fully saturated rings. The molecule has 0 atom stereocenters. The van der Waals surface area contributed by atoms with E-state index in [1.54, 1.807) is 48.5 Å². The first kappa shape index (κ1) is 18.1. The highest BCUT2D eigenvalue weighted by atomic mass is 16.5. The fourth-order valence-electron chi connectivity index (χ4n) is 2.29. The van der Waals surface area contributed by atoms with Crippen molar-refractivity contribution >= 4 is 11.9 Å². The first-order valence-corrected chi connectivity index (χ1v) is 8.03. The Hall–Kier alpha value is -3.68. The first-order chi connectivity index (χ1) is 13.1. The Morgan fingerprint density at radius 3 is 2.44 bits per heavy atom. The molecule has 0 aliphatic heterocycles. The van der Waals surface area contributed by atoms with Gasteiger partial charge in [0.05, 0.1) is 12.7 Å². The highest BCUT2D eigenvalue weighted by molar-refractivity contribution is 5.89. The molecule has 2 aromatic carbocycles. The molecule has 0 amide bonds. The van der Waals surface area contributed by atoms with E-state index in [0.717, 1.165) is 4.68 Å². The van der Waals surface area contributed by atoms with Gasteiger partial charge in [-0.05, 0) is 29.8 Å². The lowest BCUT2D eigenvalue weighted by Gasteiger charge is -2.05. The third kappa shape index (κ3) is 4.49. The maximum absolute atomic E-state index is 12.0. The van der Waals surface area contributed by atoms with E-state index in [9.17, 15) is 14.4 Å². The average Bonchev–Trinajstić information content (AvgIpc) is 3.07. The van der Waals surface area contributed by atoms with Gasteiger partial charge in [0.15, 0.2) is 0 Å². The Bertz CT molecular complexity index is 989. The molecule has 0 aliphatic rings. The predicted molar refractivity (Wildman–Crippen MR) is 93.8 cm³/mol. The van der Waals surface area contributed by atoms with Crippen LogP contribution < -0.4 is 5.76 Å². The molecule has 1 aromatic heterocycles. The number of esters is 2. The van der Waals surface area contributed by atoms with Crippen molar-refractivity contribution in [3.8, 4) is 11.5 Å². The highest BCUT2D eigenvalue weighted by Gasteiger charge is 2.14. The summed E-state index contributed by atoms with van der Waals surface area (Å²) in [5, 5.41) is 4.00. The van der Waals surface area contributed by atoms with Crippen molar-refractivity contribution in [3.63, 3.8) is 0 Å². The van der Waals surface area contributed by atoms with Crippen LogP contribution in [-0.2, 0) is 27.4 Å². The number of rotatable bonds is 6. The van der Waals surface area contributed by atoms with Crippen molar-refractivity contribution in [2.45, 2.75) is 13.2 Å². The van der Waals surface area contributed by atoms with Gasteiger partial charge in [-0.25, -0.2) is 9.59 Å². The van der Waals surface area contributed by atoms with Gasteiger partial charge in [0.25, 0.3) is 0 Å². The van der Waals surface area contributed by atoms with Crippen LogP contribution >= 0.6 is 0 Å². The Labute approximate surface area is 153 Å². The molecule has 0 saturated heterocycles. The number of carbonyl (C=O) groups is 2. The van der Waals surface area contributed by atoms with Crippen LogP contribution in [0.2, 0.25) is 0 Å². The van der Waals surface area contributed by atoms with Crippen LogP contribution in [0.1, 0.15) is 15.9 Å². The molecule has 0 saturated carbocycles. The van der Waals surface area contributed by atoms with Crippen LogP contribution in [0.4, 0.5) is 0 Å². The fourth-order valence-corrected chi connectivity index (χ4v) is 2.29. The van der Waals surface area contributed by atoms with E-state index in [1.165, 1.54) is 7.11 Å². The van der Waals surface area contributed by atoms with E-state index >= 15 is 0 Å². The topological polar surface area (TPSA) is 101 Å². The summed E-state index contributed by atoms with van der Waals surface area (Å²) in [6.45, 7) is -0.367. The van der Waals surface area contributed by atoms with Crippen LogP contribution in [0.5, 0.6) is 0 Å². The molecule has 8 nitrogen and oxygen atoms in total. The molecule has 3 aromatic rings. The maximum atomic E-state index is 12.0. The Morgan fingerprint density at radius 2 is 1.78 bits per heavy atom. The minimum atomic E-state index is -0.742. The molecule has 0 unspecified atom stereocenters. The number of hydrogen-bond acceptors (Lipinski definition) is 7. The third-order valence-electron chi connectivity index (χ3n) is 3.68. The zero-order valence-corrected chi connectivity index (χ0v) is 14.5. The van der Waals surface area contributed by atoms with Crippen molar-refractivity contribution < 1.29 is 23.5 Å². The lowest BCUT2D eigenvalue weighted by atomic mass is 10.1. The zero-order chi connectivity index (χ0) is 19.2. The van der Waals surface area contributed by atoms with Gasteiger partial charge < -0.3 is 13.9 Å². The lowest BCUT2D eigenvalue weighted by Crippen LogP contribution is -2.22. The van der Waals surface area contributed by atoms with E-state index in [2.05, 4.69) is 9.84 Å². The van der Waals surface area contributed by atoms with Gasteiger partial charge in [0.2, 0.25) is 5.89 Å². The molecule has 0 N–H and O–H groups in total. The second kappa shape index (κ2) is 8.13. The Balaban J connectivity index is 1.59. The van der Waals surface area contributed by atoms with E-state index in [4.69, 9.17) is 9.15 Å². The summed E-state index contributed by atoms with van der Waals surface area (Å²) < 4.78 is 15.7. The molecule has 0 spiro atoms. The van der Waals surface area contributed by atoms with Crippen LogP contribution in [-0.4, -0.2) is 28.8 Å². The summed E-state index contributed by atoms with van der Waals surface area (Å²) in [6.07, 6.45) is 0. The number of methoxy groups -OCH3 is 1. The van der Waals surface area contributed by atoms with Crippen LogP contribution in [0, 0.1) is 0 Å². The van der Waals surface area contributed by atoms with E-state index in [-0.39, 0.29) is 19.0 Å². The van der Waals surface area contributed by atoms with Crippen LogP contribution in [0.15, 0.2) is 63.8 Å². The van der Waals surface area contributed by atoms with Crippen LogP contribution in [0.3, 0.4) is 0 Å². The Kier molecular flexibility index (Phi) is 5.46. The number of benzene rings is 2. The van der Waals surface area contributed by atoms with Gasteiger partial charge in [0.1, 0.15) is 13.2 Å². The smallest absolute Gasteiger partial charge is 0.437 e. The van der Waals surface area contributed by atoms with Gasteiger partial charge >= 0.3 is 17.7 Å². The maximum Gasteiger partial charge on any atom is 0.437 e. The minimum Gasteiger partial charge on any atom is -0.465 e. The van der Waals surface area contributed by atoms with Crippen LogP contribution in [0.25, 0.3) is 11.5 Å². The molecule has 0 radical (unpaired) electrons. The summed E-state index contributed by atoms with van der Waals surface area (Å²) in [5.41, 5.74) is 1.72. The second-order valence-corrected chi connectivity index (χ2v) is 5.55. The molecule has 0 bridgehead atoms. The Morgan fingerprint density at radius 1 is 1.07 bits per heavy atom. The summed E-state index contributed by atoms with van der Waals surface area (Å²) in [5.74, 6) is -1.69. The highest BCUT2D eigenvalue weighted by Crippen LogP contribution is 2.14. The number of carbonyl (C=O) groups excluding carboxylic acids is 2. The predicted octanol–water partition coefficient (Wildman–Crippen LogP) is 2.03. The number of aromatic nitrogens is 2. The monoisotopic (exact) mass is 368 g/mol. The summed E-state index contributed by atoms with van der Waals surface area (Å²) in [6, 6.07) is 15.3. The standard InChI is InChI=1S/C19H16N2O6/c1-25-18(23)15-9-7-13(8-10-15)12-26-16(22)11-21-19(24)27-17(20-21)14-5-3-2-4-6-14/h2-10H,11-12H2,1H3. The van der Waals surface area contributed by atoms with Gasteiger partial charge in [0, 0.05) is 5.56 Å². The van der Waals surface area contributed by atoms with Crippen molar-refractivity contribution in [1.29, 1.82) is 0 Å². The number of hydrogen-bond donors (Lipinski definition) is 0. The van der Waals surface area contributed by atoms with E-state index in [1.807, 2.05) is 6.07 Å². The fraction of sp³-hybridized carbons (Fsp3) is 0.158.